The predicted octanol–water partition coefficient (Wildman–Crippen LogP) is -6.72. The van der Waals surface area contributed by atoms with E-state index in [4.69, 9.17) is 61.6 Å². The van der Waals surface area contributed by atoms with E-state index in [0.29, 0.717) is 18.8 Å². The molecule has 99 heavy (non-hydrogen) atoms. The van der Waals surface area contributed by atoms with E-state index in [1.165, 1.54) is 39.0 Å². The molecule has 1 aromatic rings. The molecule has 13 unspecified atom stereocenters. The highest BCUT2D eigenvalue weighted by Gasteiger charge is 2.58. The molecular formula is C63H101N5O31. The number of carbonyl (C=O) groups excluding carboxylic acids is 5. The highest BCUT2D eigenvalue weighted by Crippen LogP contribution is 2.37. The Kier molecular flexibility index (Phi) is 31.7. The van der Waals surface area contributed by atoms with Crippen molar-refractivity contribution in [2.24, 2.45) is 0 Å². The molecule has 6 saturated heterocycles. The van der Waals surface area contributed by atoms with Crippen molar-refractivity contribution in [1.82, 2.24) is 26.6 Å². The Labute approximate surface area is 571 Å². The normalized spacial score (nSPS) is 39.6. The van der Waals surface area contributed by atoms with Gasteiger partial charge in [-0.3, -0.25) is 24.0 Å². The fraction of sp³-hybridized carbons (Fsp3) is 0.794. The van der Waals surface area contributed by atoms with E-state index in [1.807, 2.05) is 0 Å². The summed E-state index contributed by atoms with van der Waals surface area (Å²) in [5.74, 6) is -3.67. The number of carbonyl (C=O) groups is 5. The minimum absolute atomic E-state index is 0.0482. The summed E-state index contributed by atoms with van der Waals surface area (Å²) in [6.07, 6.45) is -32.0. The van der Waals surface area contributed by atoms with Gasteiger partial charge in [0.1, 0.15) is 146 Å². The number of methoxy groups -OCH3 is 1. The Morgan fingerprint density at radius 2 is 0.899 bits per heavy atom. The van der Waals surface area contributed by atoms with Crippen LogP contribution >= 0.6 is 0 Å². The lowest BCUT2D eigenvalue weighted by atomic mass is 9.93. The zero-order valence-corrected chi connectivity index (χ0v) is 56.1. The third-order valence-electron chi connectivity index (χ3n) is 17.8. The monoisotopic (exact) mass is 1420 g/mol. The SMILES string of the molecule is CCCCCC/C=C\CCCOc1cccc(C(=O)NC2[C@H](O[C@H]3C(O)C(NC(C)=O)[C@H](OC4C(CO)O[C@@H](O[C@H]5C(O)C(NC(C)=O)[C@H](OC6C(CO[C@@H]7OC(C)[C@@H](O)C(O)[C@H]7OC)OC(O)[C@@H](NC(C)=O)[C@H]6O)O[C@H]5CO)[C@@H](NC(C)=O)[C@H]4O)O[C@H]3CO)OC(CO)[C@@H](O)[C@@H]2O)c1. The number of nitrogens with one attached hydrogen (secondary N) is 5. The van der Waals surface area contributed by atoms with Gasteiger partial charge in [-0.25, -0.2) is 0 Å². The highest BCUT2D eigenvalue weighted by molar-refractivity contribution is 5.94. The van der Waals surface area contributed by atoms with Crippen LogP contribution in [0.2, 0.25) is 0 Å². The minimum Gasteiger partial charge on any atom is -0.494 e. The molecule has 0 bridgehead atoms. The molecule has 36 nitrogen and oxygen atoms in total. The maximum atomic E-state index is 14.0. The molecule has 6 aliphatic heterocycles. The first kappa shape index (κ1) is 81.4. The summed E-state index contributed by atoms with van der Waals surface area (Å²) >= 11 is 0. The predicted molar refractivity (Wildman–Crippen MR) is 333 cm³/mol. The Bertz CT molecular complexity index is 2730. The van der Waals surface area contributed by atoms with E-state index in [-0.39, 0.29) is 5.56 Å². The van der Waals surface area contributed by atoms with Crippen LogP contribution in [0.5, 0.6) is 5.75 Å². The van der Waals surface area contributed by atoms with Crippen molar-refractivity contribution in [3.8, 4) is 5.75 Å². The van der Waals surface area contributed by atoms with Crippen LogP contribution in [0.4, 0.5) is 0 Å². The van der Waals surface area contributed by atoms with Crippen LogP contribution in [0.1, 0.15) is 96.8 Å². The molecule has 0 spiro atoms. The second-order valence-corrected chi connectivity index (χ2v) is 25.3. The number of ether oxygens (including phenoxy) is 13. The van der Waals surface area contributed by atoms with Gasteiger partial charge in [-0.2, -0.15) is 0 Å². The molecule has 18 N–H and O–H groups in total. The fourth-order valence-corrected chi connectivity index (χ4v) is 12.7. The minimum atomic E-state index is -2.07. The molecule has 6 fully saturated rings. The van der Waals surface area contributed by atoms with Crippen molar-refractivity contribution < 1.29 is 152 Å². The zero-order valence-electron chi connectivity index (χ0n) is 56.1. The van der Waals surface area contributed by atoms with E-state index in [1.54, 1.807) is 12.1 Å². The largest absolute Gasteiger partial charge is 0.494 e. The van der Waals surface area contributed by atoms with Crippen molar-refractivity contribution in [2.75, 3.05) is 46.8 Å². The van der Waals surface area contributed by atoms with Crippen LogP contribution in [0.25, 0.3) is 0 Å². The van der Waals surface area contributed by atoms with Crippen LogP contribution in [-0.4, -0.2) is 327 Å². The average Bonchev–Trinajstić information content (AvgIpc) is 0.771. The molecule has 0 aromatic heterocycles. The van der Waals surface area contributed by atoms with Crippen LogP contribution in [-0.2, 0) is 76.0 Å². The molecule has 7 rings (SSSR count). The number of hydrogen-bond donors (Lipinski definition) is 18. The fourth-order valence-electron chi connectivity index (χ4n) is 12.7. The van der Waals surface area contributed by atoms with Crippen LogP contribution < -0.4 is 31.3 Å². The number of unbranched alkanes of at least 4 members (excludes halogenated alkanes) is 5. The van der Waals surface area contributed by atoms with Gasteiger partial charge in [-0.15, -0.1) is 0 Å². The average molecular weight is 1420 g/mol. The number of allylic oxidation sites excluding steroid dienone is 2. The van der Waals surface area contributed by atoms with Gasteiger partial charge in [0.25, 0.3) is 5.91 Å². The first-order chi connectivity index (χ1) is 47.2. The molecule has 30 atom stereocenters. The van der Waals surface area contributed by atoms with Gasteiger partial charge in [0.05, 0.1) is 45.7 Å². The van der Waals surface area contributed by atoms with E-state index in [2.05, 4.69) is 45.7 Å². The Morgan fingerprint density at radius 1 is 0.465 bits per heavy atom. The topological polar surface area (TPSA) is 528 Å². The summed E-state index contributed by atoms with van der Waals surface area (Å²) < 4.78 is 77.9. The Hall–Kier alpha value is -4.89. The second-order valence-electron chi connectivity index (χ2n) is 25.3. The molecule has 6 heterocycles. The third-order valence-corrected chi connectivity index (χ3v) is 17.8. The Morgan fingerprint density at radius 3 is 1.35 bits per heavy atom. The first-order valence-corrected chi connectivity index (χ1v) is 33.2. The third kappa shape index (κ3) is 20.9. The van der Waals surface area contributed by atoms with Gasteiger partial charge in [0.2, 0.25) is 23.6 Å². The smallest absolute Gasteiger partial charge is 0.251 e. The van der Waals surface area contributed by atoms with Crippen molar-refractivity contribution in [1.29, 1.82) is 0 Å². The van der Waals surface area contributed by atoms with E-state index in [9.17, 15) is 90.4 Å². The lowest BCUT2D eigenvalue weighted by molar-refractivity contribution is -0.368. The molecule has 0 saturated carbocycles. The summed E-state index contributed by atoms with van der Waals surface area (Å²) in [5, 5.41) is 158. The number of amides is 5. The number of aliphatic hydroxyl groups is 13. The second kappa shape index (κ2) is 38.6. The molecule has 0 aliphatic carbocycles. The van der Waals surface area contributed by atoms with Crippen molar-refractivity contribution in [3.63, 3.8) is 0 Å². The zero-order chi connectivity index (χ0) is 72.5. The summed E-state index contributed by atoms with van der Waals surface area (Å²) in [5.41, 5.74) is 0.0482. The van der Waals surface area contributed by atoms with Crippen molar-refractivity contribution in [3.05, 3.63) is 42.0 Å². The number of rotatable bonds is 32. The van der Waals surface area contributed by atoms with E-state index >= 15 is 0 Å². The molecular weight excluding hydrogens is 1320 g/mol. The molecule has 564 valence electrons. The quantitative estimate of drug-likeness (QED) is 0.0235. The molecule has 0 radical (unpaired) electrons. The van der Waals surface area contributed by atoms with E-state index < -0.39 is 246 Å². The standard InChI is InChI=1S/C63H101N5O31/c1-8-9-10-11-12-13-14-15-16-20-88-33-19-17-18-32(21-33)57(85)68-40-46(79)45(78)34(22-69)92-59(40)96-52-35(23-70)93-60(41(48(52)81)65-29(4)74)97-53-36(24-71)94-61(42(49(53)82)66-30(5)75)98-54-37(25-72)95-62(43(50(54)83)67-31(6)76)99-55-38(91-58(86)39(47(55)80)64-28(3)73)26-89-63-56(87-7)51(84)44(77)27(2)90-63/h13-14,17-19,21,27,34-56,58-63,69-72,77-84,86H,8-12,15-16,20,22-26H2,1-7H3,(H,64,73)(H,65,74)(H,66,75)(H,67,76)(H,68,85)/b14-13-/t27?,34?,35-,36?,37-,38?,39-,40?,41?,42-,43?,44+,45+,46+,47+,48?,49+,50?,51?,52+,53?,54+,55?,56+,58?,59-,60-,61-,62-,63+/m0/s1. The lowest BCUT2D eigenvalue weighted by Gasteiger charge is -2.51. The van der Waals surface area contributed by atoms with Crippen molar-refractivity contribution >= 4 is 29.5 Å². The summed E-state index contributed by atoms with van der Waals surface area (Å²) in [4.78, 5) is 65.1. The van der Waals surface area contributed by atoms with Gasteiger partial charge >= 0.3 is 0 Å². The lowest BCUT2D eigenvalue weighted by Crippen LogP contribution is -2.72. The van der Waals surface area contributed by atoms with Crippen molar-refractivity contribution in [2.45, 2.75) is 270 Å². The van der Waals surface area contributed by atoms with Crippen LogP contribution in [0, 0.1) is 0 Å². The summed E-state index contributed by atoms with van der Waals surface area (Å²) in [6, 6.07) is -2.45. The Balaban J connectivity index is 1.07. The number of aliphatic hydroxyl groups excluding tert-OH is 13. The maximum Gasteiger partial charge on any atom is 0.251 e. The summed E-state index contributed by atoms with van der Waals surface area (Å²) in [6.45, 7) is 3.52. The number of benzene rings is 1. The van der Waals surface area contributed by atoms with Gasteiger partial charge in [-0.1, -0.05) is 44.4 Å². The molecule has 36 heteroatoms. The van der Waals surface area contributed by atoms with Gasteiger partial charge in [-0.05, 0) is 50.8 Å². The maximum absolute atomic E-state index is 14.0. The van der Waals surface area contributed by atoms with E-state index in [0.717, 1.165) is 53.4 Å². The van der Waals surface area contributed by atoms with Gasteiger partial charge in [0.15, 0.2) is 37.7 Å². The molecule has 6 aliphatic rings. The van der Waals surface area contributed by atoms with Crippen LogP contribution in [0.15, 0.2) is 36.4 Å². The van der Waals surface area contributed by atoms with Gasteiger partial charge in [0, 0.05) is 40.4 Å². The summed E-state index contributed by atoms with van der Waals surface area (Å²) in [7, 11) is 1.21. The van der Waals surface area contributed by atoms with Gasteiger partial charge < -0.3 is 155 Å². The highest BCUT2D eigenvalue weighted by atomic mass is 16.8. The molecule has 5 amide bonds. The first-order valence-electron chi connectivity index (χ1n) is 33.2. The van der Waals surface area contributed by atoms with Crippen LogP contribution in [0.3, 0.4) is 0 Å². The molecule has 1 aromatic carbocycles. The number of hydrogen-bond acceptors (Lipinski definition) is 31.